The van der Waals surface area contributed by atoms with Crippen molar-refractivity contribution in [3.05, 3.63) is 69.8 Å². The van der Waals surface area contributed by atoms with Gasteiger partial charge in [-0.25, -0.2) is 0 Å². The Kier molecular flexibility index (Phi) is 3.55. The highest BCUT2D eigenvalue weighted by molar-refractivity contribution is 9.10. The number of hydrogen-bond donors (Lipinski definition) is 1. The molecule has 2 N–H and O–H groups in total. The molecule has 1 amide bonds. The van der Waals surface area contributed by atoms with Crippen molar-refractivity contribution in [2.45, 2.75) is 13.5 Å². The lowest BCUT2D eigenvalue weighted by Crippen LogP contribution is -2.13. The van der Waals surface area contributed by atoms with Crippen LogP contribution in [0.5, 0.6) is 0 Å². The smallest absolute Gasteiger partial charge is 0.251 e. The standard InChI is InChI=1S/C17H15BrN2O/c1-11-16(17(19)21)14-7-2-3-8-15(14)20(11)10-12-5-4-6-13(18)9-12/h2-9H,10H2,1H3,(H2,19,21). The summed E-state index contributed by atoms with van der Waals surface area (Å²) >= 11 is 3.49. The molecule has 3 nitrogen and oxygen atoms in total. The van der Waals surface area contributed by atoms with Gasteiger partial charge < -0.3 is 10.3 Å². The highest BCUT2D eigenvalue weighted by Gasteiger charge is 2.17. The molecule has 21 heavy (non-hydrogen) atoms. The van der Waals surface area contributed by atoms with Crippen LogP contribution in [0.25, 0.3) is 10.9 Å². The number of hydrogen-bond acceptors (Lipinski definition) is 1. The number of amides is 1. The van der Waals surface area contributed by atoms with Gasteiger partial charge in [0.15, 0.2) is 0 Å². The minimum atomic E-state index is -0.378. The number of fused-ring (bicyclic) bond motifs is 1. The Bertz CT molecular complexity index is 836. The number of halogens is 1. The van der Waals surface area contributed by atoms with Gasteiger partial charge in [0, 0.05) is 27.6 Å². The van der Waals surface area contributed by atoms with E-state index in [0.29, 0.717) is 12.1 Å². The number of rotatable bonds is 3. The van der Waals surface area contributed by atoms with Crippen LogP contribution in [0, 0.1) is 6.92 Å². The Morgan fingerprint density at radius 3 is 2.67 bits per heavy atom. The molecule has 0 aliphatic rings. The van der Waals surface area contributed by atoms with Gasteiger partial charge in [-0.15, -0.1) is 0 Å². The predicted octanol–water partition coefficient (Wildman–Crippen LogP) is 3.86. The van der Waals surface area contributed by atoms with E-state index in [1.165, 1.54) is 5.56 Å². The number of nitrogens with zero attached hydrogens (tertiary/aromatic N) is 1. The average molecular weight is 343 g/mol. The minimum Gasteiger partial charge on any atom is -0.366 e. The van der Waals surface area contributed by atoms with E-state index in [9.17, 15) is 4.79 Å². The van der Waals surface area contributed by atoms with Crippen LogP contribution >= 0.6 is 15.9 Å². The maximum absolute atomic E-state index is 11.8. The summed E-state index contributed by atoms with van der Waals surface area (Å²) in [7, 11) is 0. The second-order valence-electron chi connectivity index (χ2n) is 5.06. The fourth-order valence-electron chi connectivity index (χ4n) is 2.76. The maximum Gasteiger partial charge on any atom is 0.251 e. The summed E-state index contributed by atoms with van der Waals surface area (Å²) in [5, 5.41) is 0.914. The monoisotopic (exact) mass is 342 g/mol. The molecule has 0 spiro atoms. The maximum atomic E-state index is 11.8. The topological polar surface area (TPSA) is 48.0 Å². The highest BCUT2D eigenvalue weighted by atomic mass is 79.9. The highest BCUT2D eigenvalue weighted by Crippen LogP contribution is 2.26. The molecule has 3 aromatic rings. The first kappa shape index (κ1) is 13.9. The summed E-state index contributed by atoms with van der Waals surface area (Å²) in [6, 6.07) is 16.0. The summed E-state index contributed by atoms with van der Waals surface area (Å²) in [6.45, 7) is 2.65. The predicted molar refractivity (Wildman–Crippen MR) is 88.4 cm³/mol. The molecule has 0 aliphatic carbocycles. The third kappa shape index (κ3) is 2.47. The van der Waals surface area contributed by atoms with E-state index in [1.54, 1.807) is 0 Å². The van der Waals surface area contributed by atoms with Crippen LogP contribution < -0.4 is 5.73 Å². The molecule has 0 saturated carbocycles. The fourth-order valence-corrected chi connectivity index (χ4v) is 3.21. The second kappa shape index (κ2) is 5.37. The Balaban J connectivity index is 2.18. The van der Waals surface area contributed by atoms with Crippen molar-refractivity contribution in [2.24, 2.45) is 5.73 Å². The number of carbonyl (C=O) groups is 1. The molecule has 3 rings (SSSR count). The molecular formula is C17H15BrN2O. The first-order chi connectivity index (χ1) is 10.1. The van der Waals surface area contributed by atoms with Crippen molar-refractivity contribution >= 4 is 32.7 Å². The zero-order valence-corrected chi connectivity index (χ0v) is 13.2. The zero-order chi connectivity index (χ0) is 15.0. The normalized spacial score (nSPS) is 11.0. The van der Waals surface area contributed by atoms with Gasteiger partial charge in [-0.05, 0) is 30.7 Å². The zero-order valence-electron chi connectivity index (χ0n) is 11.6. The molecule has 0 fully saturated rings. The van der Waals surface area contributed by atoms with Crippen LogP contribution in [0.1, 0.15) is 21.6 Å². The van der Waals surface area contributed by atoms with E-state index in [1.807, 2.05) is 43.3 Å². The summed E-state index contributed by atoms with van der Waals surface area (Å²) in [6.07, 6.45) is 0. The molecule has 4 heteroatoms. The van der Waals surface area contributed by atoms with Crippen molar-refractivity contribution in [1.82, 2.24) is 4.57 Å². The molecule has 0 bridgehead atoms. The Morgan fingerprint density at radius 2 is 1.95 bits per heavy atom. The summed E-state index contributed by atoms with van der Waals surface area (Å²) in [5.74, 6) is -0.378. The van der Waals surface area contributed by atoms with Crippen molar-refractivity contribution in [3.63, 3.8) is 0 Å². The van der Waals surface area contributed by atoms with Crippen LogP contribution in [0.15, 0.2) is 53.0 Å². The van der Waals surface area contributed by atoms with Crippen LogP contribution in [-0.4, -0.2) is 10.5 Å². The van der Waals surface area contributed by atoms with E-state index in [0.717, 1.165) is 21.1 Å². The van der Waals surface area contributed by atoms with Gasteiger partial charge in [0.2, 0.25) is 0 Å². The SMILES string of the molecule is Cc1c(C(N)=O)c2ccccc2n1Cc1cccc(Br)c1. The quantitative estimate of drug-likeness (QED) is 0.771. The molecule has 2 aromatic carbocycles. The first-order valence-electron chi connectivity index (χ1n) is 6.70. The molecule has 0 radical (unpaired) electrons. The summed E-state index contributed by atoms with van der Waals surface area (Å²) in [5.41, 5.74) is 9.27. The van der Waals surface area contributed by atoms with E-state index < -0.39 is 0 Å². The number of carbonyl (C=O) groups excluding carboxylic acids is 1. The average Bonchev–Trinajstić information content (AvgIpc) is 2.72. The van der Waals surface area contributed by atoms with Gasteiger partial charge >= 0.3 is 0 Å². The van der Waals surface area contributed by atoms with Gasteiger partial charge in [-0.3, -0.25) is 4.79 Å². The van der Waals surface area contributed by atoms with E-state index in [-0.39, 0.29) is 5.91 Å². The molecule has 1 aromatic heterocycles. The largest absolute Gasteiger partial charge is 0.366 e. The Hall–Kier alpha value is -2.07. The van der Waals surface area contributed by atoms with Gasteiger partial charge in [0.1, 0.15) is 0 Å². The van der Waals surface area contributed by atoms with Gasteiger partial charge in [-0.1, -0.05) is 46.3 Å². The lowest BCUT2D eigenvalue weighted by molar-refractivity contribution is 0.100. The molecule has 1 heterocycles. The van der Waals surface area contributed by atoms with Gasteiger partial charge in [0.25, 0.3) is 5.91 Å². The minimum absolute atomic E-state index is 0.378. The number of para-hydroxylation sites is 1. The first-order valence-corrected chi connectivity index (χ1v) is 7.49. The Labute approximate surface area is 131 Å². The summed E-state index contributed by atoms with van der Waals surface area (Å²) in [4.78, 5) is 11.8. The summed E-state index contributed by atoms with van der Waals surface area (Å²) < 4.78 is 3.18. The third-order valence-corrected chi connectivity index (χ3v) is 4.20. The van der Waals surface area contributed by atoms with E-state index in [2.05, 4.69) is 32.6 Å². The molecule has 0 atom stereocenters. The number of primary amides is 1. The number of benzene rings is 2. The van der Waals surface area contributed by atoms with Crippen LogP contribution in [0.4, 0.5) is 0 Å². The van der Waals surface area contributed by atoms with Crippen molar-refractivity contribution in [3.8, 4) is 0 Å². The lowest BCUT2D eigenvalue weighted by Gasteiger charge is -2.09. The molecule has 106 valence electrons. The molecule has 0 unspecified atom stereocenters. The number of aromatic nitrogens is 1. The third-order valence-electron chi connectivity index (χ3n) is 3.71. The van der Waals surface area contributed by atoms with Gasteiger partial charge in [-0.2, -0.15) is 0 Å². The van der Waals surface area contributed by atoms with Crippen molar-refractivity contribution in [1.29, 1.82) is 0 Å². The van der Waals surface area contributed by atoms with Crippen LogP contribution in [-0.2, 0) is 6.54 Å². The van der Waals surface area contributed by atoms with Crippen LogP contribution in [0.2, 0.25) is 0 Å². The lowest BCUT2D eigenvalue weighted by atomic mass is 10.1. The van der Waals surface area contributed by atoms with Gasteiger partial charge in [0.05, 0.1) is 5.56 Å². The van der Waals surface area contributed by atoms with Crippen molar-refractivity contribution in [2.75, 3.05) is 0 Å². The van der Waals surface area contributed by atoms with Crippen molar-refractivity contribution < 1.29 is 4.79 Å². The molecule has 0 saturated heterocycles. The number of nitrogens with two attached hydrogens (primary N) is 1. The van der Waals surface area contributed by atoms with E-state index >= 15 is 0 Å². The fraction of sp³-hybridized carbons (Fsp3) is 0.118. The molecular weight excluding hydrogens is 328 g/mol. The Morgan fingerprint density at radius 1 is 1.19 bits per heavy atom. The molecule has 0 aliphatic heterocycles. The van der Waals surface area contributed by atoms with Crippen LogP contribution in [0.3, 0.4) is 0 Å². The van der Waals surface area contributed by atoms with E-state index in [4.69, 9.17) is 5.73 Å². The second-order valence-corrected chi connectivity index (χ2v) is 5.97.